The second-order valence-electron chi connectivity index (χ2n) is 5.94. The number of benzene rings is 3. The molecule has 0 aliphatic carbocycles. The van der Waals surface area contributed by atoms with Gasteiger partial charge in [0.1, 0.15) is 0 Å². The van der Waals surface area contributed by atoms with Gasteiger partial charge in [-0.1, -0.05) is 30.3 Å². The van der Waals surface area contributed by atoms with E-state index in [0.717, 1.165) is 10.8 Å². The molecule has 3 aromatic rings. The SMILES string of the molecule is CC(=O)Nc1ccc(NC(=O)COC(=O)c2ccc3ccccc3c2)cc1. The number of ether oxygens (including phenoxy) is 1. The number of amides is 2. The van der Waals surface area contributed by atoms with Gasteiger partial charge >= 0.3 is 5.97 Å². The first-order valence-corrected chi connectivity index (χ1v) is 8.35. The lowest BCUT2D eigenvalue weighted by Crippen LogP contribution is -2.20. The molecule has 2 amide bonds. The molecule has 0 saturated carbocycles. The highest BCUT2D eigenvalue weighted by Crippen LogP contribution is 2.16. The summed E-state index contributed by atoms with van der Waals surface area (Å²) in [5.41, 5.74) is 1.56. The molecule has 0 fully saturated rings. The summed E-state index contributed by atoms with van der Waals surface area (Å²) in [7, 11) is 0. The van der Waals surface area contributed by atoms with Crippen LogP contribution in [0.5, 0.6) is 0 Å². The van der Waals surface area contributed by atoms with E-state index in [0.29, 0.717) is 16.9 Å². The van der Waals surface area contributed by atoms with Gasteiger partial charge in [-0.25, -0.2) is 4.79 Å². The zero-order valence-electron chi connectivity index (χ0n) is 14.7. The van der Waals surface area contributed by atoms with Crippen LogP contribution in [0.25, 0.3) is 10.8 Å². The fourth-order valence-corrected chi connectivity index (χ4v) is 2.57. The van der Waals surface area contributed by atoms with Gasteiger partial charge < -0.3 is 15.4 Å². The Morgan fingerprint density at radius 1 is 0.815 bits per heavy atom. The number of hydrogen-bond acceptors (Lipinski definition) is 4. The second kappa shape index (κ2) is 8.14. The predicted molar refractivity (Wildman–Crippen MR) is 104 cm³/mol. The van der Waals surface area contributed by atoms with Crippen molar-refractivity contribution in [2.75, 3.05) is 17.2 Å². The molecule has 0 bridgehead atoms. The molecule has 2 N–H and O–H groups in total. The number of anilines is 2. The molecule has 0 aromatic heterocycles. The van der Waals surface area contributed by atoms with E-state index in [1.54, 1.807) is 36.4 Å². The van der Waals surface area contributed by atoms with Crippen LogP contribution in [0.1, 0.15) is 17.3 Å². The Hall–Kier alpha value is -3.67. The molecule has 0 radical (unpaired) electrons. The third kappa shape index (κ3) is 4.92. The molecule has 6 nitrogen and oxygen atoms in total. The minimum atomic E-state index is -0.558. The number of fused-ring (bicyclic) bond motifs is 1. The topological polar surface area (TPSA) is 84.5 Å². The maximum atomic E-state index is 12.2. The van der Waals surface area contributed by atoms with Crippen LogP contribution in [0.3, 0.4) is 0 Å². The largest absolute Gasteiger partial charge is 0.452 e. The van der Waals surface area contributed by atoms with Crippen molar-refractivity contribution in [1.82, 2.24) is 0 Å². The van der Waals surface area contributed by atoms with Crippen molar-refractivity contribution in [3.63, 3.8) is 0 Å². The third-order valence-corrected chi connectivity index (χ3v) is 3.81. The van der Waals surface area contributed by atoms with E-state index >= 15 is 0 Å². The van der Waals surface area contributed by atoms with E-state index in [1.165, 1.54) is 6.92 Å². The normalized spacial score (nSPS) is 10.3. The fraction of sp³-hybridized carbons (Fsp3) is 0.0952. The van der Waals surface area contributed by atoms with Gasteiger partial charge in [-0.15, -0.1) is 0 Å². The number of carbonyl (C=O) groups is 3. The minimum absolute atomic E-state index is 0.174. The quantitative estimate of drug-likeness (QED) is 0.679. The Bertz CT molecular complexity index is 996. The van der Waals surface area contributed by atoms with Crippen LogP contribution in [-0.4, -0.2) is 24.4 Å². The lowest BCUT2D eigenvalue weighted by molar-refractivity contribution is -0.119. The van der Waals surface area contributed by atoms with E-state index in [4.69, 9.17) is 4.74 Å². The zero-order chi connectivity index (χ0) is 19.2. The van der Waals surface area contributed by atoms with Gasteiger partial charge in [-0.2, -0.15) is 0 Å². The summed E-state index contributed by atoms with van der Waals surface area (Å²) in [6.07, 6.45) is 0. The maximum absolute atomic E-state index is 12.2. The van der Waals surface area contributed by atoms with Crippen LogP contribution in [0, 0.1) is 0 Å². The van der Waals surface area contributed by atoms with Crippen molar-refractivity contribution in [2.24, 2.45) is 0 Å². The van der Waals surface area contributed by atoms with E-state index in [-0.39, 0.29) is 12.5 Å². The highest BCUT2D eigenvalue weighted by atomic mass is 16.5. The predicted octanol–water partition coefficient (Wildman–Crippen LogP) is 3.59. The third-order valence-electron chi connectivity index (χ3n) is 3.81. The van der Waals surface area contributed by atoms with E-state index < -0.39 is 11.9 Å². The summed E-state index contributed by atoms with van der Waals surface area (Å²) in [4.78, 5) is 35.1. The van der Waals surface area contributed by atoms with Crippen molar-refractivity contribution >= 4 is 39.9 Å². The molecule has 136 valence electrons. The van der Waals surface area contributed by atoms with Crippen molar-refractivity contribution < 1.29 is 19.1 Å². The Kier molecular flexibility index (Phi) is 5.47. The first-order chi connectivity index (χ1) is 13.0. The average molecular weight is 362 g/mol. The number of nitrogens with one attached hydrogen (secondary N) is 2. The highest BCUT2D eigenvalue weighted by Gasteiger charge is 2.11. The Morgan fingerprint density at radius 3 is 2.11 bits per heavy atom. The Morgan fingerprint density at radius 2 is 1.44 bits per heavy atom. The summed E-state index contributed by atoms with van der Waals surface area (Å²) in [6.45, 7) is 1.03. The number of rotatable bonds is 5. The Labute approximate surface area is 156 Å². The molecule has 0 heterocycles. The minimum Gasteiger partial charge on any atom is -0.452 e. The van der Waals surface area contributed by atoms with Crippen molar-refractivity contribution in [3.05, 3.63) is 72.3 Å². The van der Waals surface area contributed by atoms with Gasteiger partial charge in [-0.3, -0.25) is 9.59 Å². The summed E-state index contributed by atoms with van der Waals surface area (Å²) in [5.74, 6) is -1.18. The smallest absolute Gasteiger partial charge is 0.338 e. The molecule has 3 rings (SSSR count). The molecule has 27 heavy (non-hydrogen) atoms. The van der Waals surface area contributed by atoms with Gasteiger partial charge in [0, 0.05) is 18.3 Å². The van der Waals surface area contributed by atoms with Gasteiger partial charge in [0.25, 0.3) is 5.91 Å². The molecule has 6 heteroatoms. The summed E-state index contributed by atoms with van der Waals surface area (Å²) in [6, 6.07) is 19.5. The highest BCUT2D eigenvalue weighted by molar-refractivity contribution is 5.98. The van der Waals surface area contributed by atoms with Gasteiger partial charge in [0.15, 0.2) is 6.61 Å². The summed E-state index contributed by atoms with van der Waals surface area (Å²) < 4.78 is 5.08. The molecule has 0 unspecified atom stereocenters. The van der Waals surface area contributed by atoms with E-state index in [2.05, 4.69) is 10.6 Å². The Balaban J connectivity index is 1.54. The van der Waals surface area contributed by atoms with Crippen molar-refractivity contribution in [1.29, 1.82) is 0 Å². The lowest BCUT2D eigenvalue weighted by Gasteiger charge is -2.08. The van der Waals surface area contributed by atoms with Crippen LogP contribution in [-0.2, 0) is 14.3 Å². The first-order valence-electron chi connectivity index (χ1n) is 8.35. The fourth-order valence-electron chi connectivity index (χ4n) is 2.57. The molecule has 0 saturated heterocycles. The average Bonchev–Trinajstić information content (AvgIpc) is 2.67. The molecule has 3 aromatic carbocycles. The number of esters is 1. The monoisotopic (exact) mass is 362 g/mol. The summed E-state index contributed by atoms with van der Waals surface area (Å²) in [5, 5.41) is 7.21. The van der Waals surface area contributed by atoms with Crippen molar-refractivity contribution in [2.45, 2.75) is 6.92 Å². The molecular weight excluding hydrogens is 344 g/mol. The second-order valence-corrected chi connectivity index (χ2v) is 5.94. The number of carbonyl (C=O) groups excluding carboxylic acids is 3. The lowest BCUT2D eigenvalue weighted by atomic mass is 10.1. The van der Waals surface area contributed by atoms with Gasteiger partial charge in [0.05, 0.1) is 5.56 Å². The van der Waals surface area contributed by atoms with E-state index in [1.807, 2.05) is 30.3 Å². The number of hydrogen-bond donors (Lipinski definition) is 2. The standard InChI is InChI=1S/C21H18N2O4/c1-14(24)22-18-8-10-19(11-9-18)23-20(25)13-27-21(26)17-7-6-15-4-2-3-5-16(15)12-17/h2-12H,13H2,1H3,(H,22,24)(H,23,25). The molecule has 0 spiro atoms. The van der Waals surface area contributed by atoms with Crippen LogP contribution >= 0.6 is 0 Å². The van der Waals surface area contributed by atoms with Crippen LogP contribution in [0.4, 0.5) is 11.4 Å². The van der Waals surface area contributed by atoms with E-state index in [9.17, 15) is 14.4 Å². The maximum Gasteiger partial charge on any atom is 0.338 e. The van der Waals surface area contributed by atoms with Crippen LogP contribution in [0.15, 0.2) is 66.7 Å². The van der Waals surface area contributed by atoms with Crippen LogP contribution in [0.2, 0.25) is 0 Å². The van der Waals surface area contributed by atoms with Crippen LogP contribution < -0.4 is 10.6 Å². The molecule has 0 aliphatic heterocycles. The molecule has 0 atom stereocenters. The van der Waals surface area contributed by atoms with Crippen molar-refractivity contribution in [3.8, 4) is 0 Å². The zero-order valence-corrected chi connectivity index (χ0v) is 14.7. The molecule has 0 aliphatic rings. The summed E-state index contributed by atoms with van der Waals surface area (Å²) >= 11 is 0. The molecular formula is C21H18N2O4. The first kappa shape index (κ1) is 18.1. The van der Waals surface area contributed by atoms with Gasteiger partial charge in [0.2, 0.25) is 5.91 Å². The van der Waals surface area contributed by atoms with Gasteiger partial charge in [-0.05, 0) is 47.2 Å².